The second-order valence-electron chi connectivity index (χ2n) is 18.0. The third kappa shape index (κ3) is 4.49. The summed E-state index contributed by atoms with van der Waals surface area (Å²) in [6.07, 6.45) is 7.06. The molecule has 0 N–H and O–H groups in total. The topological polar surface area (TPSA) is 28.0 Å². The van der Waals surface area contributed by atoms with Crippen molar-refractivity contribution >= 4 is 49.7 Å². The molecule has 1 atom stereocenters. The van der Waals surface area contributed by atoms with Crippen molar-refractivity contribution in [2.75, 3.05) is 0 Å². The number of allylic oxidation sites excluding steroid dienone is 1. The highest BCUT2D eigenvalue weighted by molar-refractivity contribution is 6.19. The smallest absolute Gasteiger partial charge is 0.336 e. The molecule has 2 aromatic heterocycles. The molecule has 0 fully saturated rings. The maximum absolute atomic E-state index is 5.51. The van der Waals surface area contributed by atoms with E-state index in [4.69, 9.17) is 4.98 Å². The molecule has 0 saturated carbocycles. The van der Waals surface area contributed by atoms with Gasteiger partial charge >= 0.3 is 5.79 Å². The summed E-state index contributed by atoms with van der Waals surface area (Å²) < 4.78 is 7.62. The fourth-order valence-corrected chi connectivity index (χ4v) is 9.26. The molecule has 4 heterocycles. The van der Waals surface area contributed by atoms with Crippen LogP contribution in [0.4, 0.5) is 0 Å². The molecule has 0 amide bonds. The quantitative estimate of drug-likeness (QED) is 0.174. The van der Waals surface area contributed by atoms with Crippen molar-refractivity contribution in [1.29, 1.82) is 0 Å². The van der Waals surface area contributed by atoms with Gasteiger partial charge in [-0.3, -0.25) is 4.90 Å². The van der Waals surface area contributed by atoms with Gasteiger partial charge in [-0.2, -0.15) is 4.58 Å². The Kier molecular flexibility index (Phi) is 7.25. The van der Waals surface area contributed by atoms with Gasteiger partial charge in [0, 0.05) is 35.8 Å². The molecule has 5 heteroatoms. The third-order valence-electron chi connectivity index (χ3n) is 11.6. The number of aromatic nitrogens is 3. The minimum absolute atomic E-state index is 0.0213. The summed E-state index contributed by atoms with van der Waals surface area (Å²) in [4.78, 5) is 8.14. The highest BCUT2D eigenvalue weighted by atomic mass is 15.5. The maximum atomic E-state index is 5.51. The van der Waals surface area contributed by atoms with Gasteiger partial charge < -0.3 is 4.57 Å². The molecular formula is C46H55N5+2. The number of hydrogen-bond donors (Lipinski definition) is 0. The normalized spacial score (nSPS) is 17.9. The standard InChI is InChI=1S/C46H55N5/c1-27(2)30-24-49(28(3)4)46(50(25-30)29(5)6)39-33-20-16-14-18-31(33)37(44(7,8)9)22-35(39)42-43-40(47-26-51(42)46)36-23-38(45(10,11)12)32-19-15-17-21-34(32)41(36)48(43)13/h14-29H,1-13H3/q+2. The van der Waals surface area contributed by atoms with E-state index < -0.39 is 5.79 Å². The summed E-state index contributed by atoms with van der Waals surface area (Å²) in [6.45, 7) is 28.0. The first-order chi connectivity index (χ1) is 24.0. The Labute approximate surface area is 303 Å². The van der Waals surface area contributed by atoms with Crippen molar-refractivity contribution in [2.45, 2.75) is 112 Å². The minimum atomic E-state index is -0.669. The highest BCUT2D eigenvalue weighted by Crippen LogP contribution is 2.52. The molecule has 6 aromatic rings. The minimum Gasteiger partial charge on any atom is -0.336 e. The van der Waals surface area contributed by atoms with Crippen molar-refractivity contribution in [3.05, 3.63) is 95.5 Å². The first-order valence-corrected chi connectivity index (χ1v) is 19.0. The number of benzene rings is 4. The number of nitrogens with zero attached hydrogens (tertiary/aromatic N) is 5. The van der Waals surface area contributed by atoms with Crippen molar-refractivity contribution in [2.24, 2.45) is 13.0 Å². The third-order valence-corrected chi connectivity index (χ3v) is 11.6. The van der Waals surface area contributed by atoms with Crippen LogP contribution >= 0.6 is 0 Å². The zero-order valence-electron chi connectivity index (χ0n) is 33.0. The monoisotopic (exact) mass is 677 g/mol. The highest BCUT2D eigenvalue weighted by Gasteiger charge is 2.65. The zero-order valence-corrected chi connectivity index (χ0v) is 33.0. The van der Waals surface area contributed by atoms with Crippen molar-refractivity contribution in [3.63, 3.8) is 0 Å². The summed E-state index contributed by atoms with van der Waals surface area (Å²) >= 11 is 0. The second kappa shape index (κ2) is 11.0. The molecule has 2 aliphatic heterocycles. The van der Waals surface area contributed by atoms with Gasteiger partial charge in [0.2, 0.25) is 5.52 Å². The number of hydrogen-bond acceptors (Lipinski definition) is 2. The van der Waals surface area contributed by atoms with Crippen LogP contribution < -0.4 is 4.57 Å². The van der Waals surface area contributed by atoms with E-state index in [1.165, 1.54) is 71.5 Å². The van der Waals surface area contributed by atoms with Crippen molar-refractivity contribution < 1.29 is 9.14 Å². The van der Waals surface area contributed by atoms with Gasteiger partial charge in [0.25, 0.3) is 6.33 Å². The Morgan fingerprint density at radius 3 is 1.84 bits per heavy atom. The van der Waals surface area contributed by atoms with Crippen LogP contribution in [0.3, 0.4) is 0 Å². The summed E-state index contributed by atoms with van der Waals surface area (Å²) in [6, 6.07) is 23.5. The van der Waals surface area contributed by atoms with Crippen LogP contribution in [0.25, 0.3) is 54.7 Å². The van der Waals surface area contributed by atoms with Crippen LogP contribution in [-0.2, 0) is 23.7 Å². The fraction of sp³-hybridized carbons (Fsp3) is 0.413. The molecule has 1 unspecified atom stereocenters. The Bertz CT molecular complexity index is 2490. The lowest BCUT2D eigenvalue weighted by Gasteiger charge is -2.42. The number of aryl methyl sites for hydroxylation is 1. The van der Waals surface area contributed by atoms with Crippen LogP contribution in [0.2, 0.25) is 0 Å². The molecule has 262 valence electrons. The van der Waals surface area contributed by atoms with E-state index in [1.807, 2.05) is 0 Å². The second-order valence-corrected chi connectivity index (χ2v) is 18.0. The van der Waals surface area contributed by atoms with Crippen molar-refractivity contribution in [1.82, 2.24) is 14.5 Å². The Morgan fingerprint density at radius 1 is 0.706 bits per heavy atom. The fourth-order valence-electron chi connectivity index (χ4n) is 9.26. The van der Waals surface area contributed by atoms with Gasteiger partial charge in [-0.05, 0) is 88.8 Å². The van der Waals surface area contributed by atoms with Crippen LogP contribution in [0.5, 0.6) is 0 Å². The molecule has 0 radical (unpaired) electrons. The molecule has 5 nitrogen and oxygen atoms in total. The van der Waals surface area contributed by atoms with E-state index in [0.29, 0.717) is 5.92 Å². The van der Waals surface area contributed by atoms with Crippen LogP contribution in [0.15, 0.2) is 78.8 Å². The zero-order chi connectivity index (χ0) is 36.5. The Hall–Kier alpha value is -4.51. The summed E-state index contributed by atoms with van der Waals surface area (Å²) in [5.74, 6) is -0.281. The van der Waals surface area contributed by atoms with E-state index in [-0.39, 0.29) is 22.9 Å². The van der Waals surface area contributed by atoms with Gasteiger partial charge in [0.05, 0.1) is 10.9 Å². The Morgan fingerprint density at radius 2 is 1.27 bits per heavy atom. The first kappa shape index (κ1) is 33.6. The molecule has 1 spiro atoms. The largest absolute Gasteiger partial charge is 0.418 e. The predicted octanol–water partition coefficient (Wildman–Crippen LogP) is 10.3. The van der Waals surface area contributed by atoms with Gasteiger partial charge in [-0.1, -0.05) is 104 Å². The molecule has 0 bridgehead atoms. The Balaban J connectivity index is 1.65. The average molecular weight is 678 g/mol. The maximum Gasteiger partial charge on any atom is 0.418 e. The molecule has 51 heavy (non-hydrogen) atoms. The van der Waals surface area contributed by atoms with Crippen LogP contribution in [0, 0.1) is 5.92 Å². The van der Waals surface area contributed by atoms with Gasteiger partial charge in [0.1, 0.15) is 11.1 Å². The number of fused-ring (bicyclic) bond motifs is 13. The van der Waals surface area contributed by atoms with E-state index >= 15 is 0 Å². The van der Waals surface area contributed by atoms with Crippen LogP contribution in [0.1, 0.15) is 99.8 Å². The molecule has 8 rings (SSSR count). The molecule has 0 aliphatic carbocycles. The molecule has 0 saturated heterocycles. The summed E-state index contributed by atoms with van der Waals surface area (Å²) in [5, 5.41) is 6.45. The number of rotatable bonds is 3. The predicted molar refractivity (Wildman–Crippen MR) is 215 cm³/mol. The van der Waals surface area contributed by atoms with Crippen LogP contribution in [-0.4, -0.2) is 37.3 Å². The lowest BCUT2D eigenvalue weighted by Crippen LogP contribution is -2.73. The van der Waals surface area contributed by atoms with E-state index in [2.05, 4.69) is 188 Å². The van der Waals surface area contributed by atoms with E-state index in [9.17, 15) is 0 Å². The van der Waals surface area contributed by atoms with Gasteiger partial charge in [-0.25, -0.2) is 0 Å². The molecule has 2 aliphatic rings. The van der Waals surface area contributed by atoms with Crippen molar-refractivity contribution in [3.8, 4) is 11.3 Å². The van der Waals surface area contributed by atoms with Gasteiger partial charge in [0.15, 0.2) is 18.0 Å². The average Bonchev–Trinajstić information content (AvgIpc) is 3.52. The lowest BCUT2D eigenvalue weighted by molar-refractivity contribution is -0.942. The summed E-state index contributed by atoms with van der Waals surface area (Å²) in [5.41, 5.74) is 11.3. The van der Waals surface area contributed by atoms with E-state index in [1.54, 1.807) is 0 Å². The van der Waals surface area contributed by atoms with E-state index in [0.717, 1.165) is 5.52 Å². The summed E-state index contributed by atoms with van der Waals surface area (Å²) in [7, 11) is 2.26. The lowest BCUT2D eigenvalue weighted by atomic mass is 9.79. The SMILES string of the molecule is CC(C)C1=CN(C(C)C)C2(c3c(cc(C(C)(C)C)c4ccccc34)-c3c4c(nc[n+]32)c2cc(C(C)(C)C)c3ccccc3c2n4C)[N+](C(C)C)=C1. The van der Waals surface area contributed by atoms with Gasteiger partial charge in [-0.15, -0.1) is 4.57 Å². The first-order valence-electron chi connectivity index (χ1n) is 19.0. The molecule has 4 aromatic carbocycles. The molecular weight excluding hydrogens is 623 g/mol.